The van der Waals surface area contributed by atoms with Crippen LogP contribution >= 0.6 is 0 Å². The number of hydrogen-bond donors (Lipinski definition) is 0. The highest BCUT2D eigenvalue weighted by atomic mass is 16.3. The van der Waals surface area contributed by atoms with Crippen LogP contribution in [0.2, 0.25) is 0 Å². The highest BCUT2D eigenvalue weighted by molar-refractivity contribution is 6.03. The zero-order valence-corrected chi connectivity index (χ0v) is 26.1. The van der Waals surface area contributed by atoms with E-state index in [1.165, 1.54) is 11.1 Å². The van der Waals surface area contributed by atoms with Crippen molar-refractivity contribution < 1.29 is 4.42 Å². The van der Waals surface area contributed by atoms with Crippen molar-refractivity contribution in [2.75, 3.05) is 0 Å². The van der Waals surface area contributed by atoms with E-state index >= 15 is 0 Å². The topological polar surface area (TPSA) is 51.8 Å². The van der Waals surface area contributed by atoms with E-state index in [1.54, 1.807) is 0 Å². The van der Waals surface area contributed by atoms with Gasteiger partial charge in [0, 0.05) is 27.8 Å². The minimum absolute atomic E-state index is 0.479. The number of hydrogen-bond acceptors (Lipinski definition) is 4. The number of benzene rings is 5. The molecule has 0 saturated heterocycles. The Morgan fingerprint density at radius 2 is 0.958 bits per heavy atom. The first-order chi connectivity index (χ1) is 23.7. The lowest BCUT2D eigenvalue weighted by Crippen LogP contribution is -2.27. The summed E-state index contributed by atoms with van der Waals surface area (Å²) >= 11 is 0. The summed E-state index contributed by atoms with van der Waals surface area (Å²) in [4.78, 5) is 15.2. The van der Waals surface area contributed by atoms with Crippen LogP contribution in [0, 0.1) is 0 Å². The molecular weight excluding hydrogens is 587 g/mol. The molecule has 1 spiro atoms. The second-order valence-electron chi connectivity index (χ2n) is 12.0. The van der Waals surface area contributed by atoms with Gasteiger partial charge in [0.15, 0.2) is 23.2 Å². The second-order valence-corrected chi connectivity index (χ2v) is 12.0. The minimum Gasteiger partial charge on any atom is -0.452 e. The SMILES string of the molecule is C=CC1=C(C=C)C2(c3ccccc31)c1ccccc1-c1c(-c3nc(-c4ccccc4)nc(-c4ccccc4)n3)oc(-c3ccccc3)c12. The molecule has 2 heterocycles. The molecule has 1 unspecified atom stereocenters. The summed E-state index contributed by atoms with van der Waals surface area (Å²) in [5, 5.41) is 0. The molecule has 0 bridgehead atoms. The molecule has 0 aliphatic heterocycles. The van der Waals surface area contributed by atoms with Gasteiger partial charge in [-0.05, 0) is 33.4 Å². The Balaban J connectivity index is 1.43. The fraction of sp³-hybridized carbons (Fsp3) is 0.0227. The predicted molar refractivity (Wildman–Crippen MR) is 193 cm³/mol. The van der Waals surface area contributed by atoms with Crippen molar-refractivity contribution in [3.63, 3.8) is 0 Å². The van der Waals surface area contributed by atoms with E-state index in [2.05, 4.69) is 73.8 Å². The van der Waals surface area contributed by atoms with Gasteiger partial charge in [0.25, 0.3) is 0 Å². The van der Waals surface area contributed by atoms with Crippen LogP contribution in [0.5, 0.6) is 0 Å². The van der Waals surface area contributed by atoms with Crippen molar-refractivity contribution >= 4 is 5.57 Å². The van der Waals surface area contributed by atoms with E-state index in [1.807, 2.05) is 91.0 Å². The molecule has 2 aliphatic rings. The monoisotopic (exact) mass is 615 g/mol. The molecule has 0 fully saturated rings. The van der Waals surface area contributed by atoms with E-state index in [4.69, 9.17) is 19.4 Å². The van der Waals surface area contributed by atoms with Crippen LogP contribution in [0.25, 0.3) is 62.4 Å². The molecule has 2 aliphatic carbocycles. The number of aromatic nitrogens is 3. The summed E-state index contributed by atoms with van der Waals surface area (Å²) in [6, 6.07) is 47.6. The smallest absolute Gasteiger partial charge is 0.200 e. The normalized spacial score (nSPS) is 15.7. The molecule has 5 aromatic carbocycles. The van der Waals surface area contributed by atoms with Crippen molar-refractivity contribution in [3.8, 4) is 56.8 Å². The first-order valence-corrected chi connectivity index (χ1v) is 16.0. The molecule has 0 N–H and O–H groups in total. The standard InChI is InChI=1S/C44H29N3O/c1-3-31-32-24-14-16-26-35(32)44(34(31)4-2)36-27-17-15-25-33(36)37-38(44)39(28-18-8-5-9-19-28)48-40(37)43-46-41(29-20-10-6-11-21-29)45-42(47-43)30-22-12-7-13-23-30/h3-27H,1-2H2. The lowest BCUT2D eigenvalue weighted by Gasteiger charge is -2.31. The Hall–Kier alpha value is -6.39. The highest BCUT2D eigenvalue weighted by Gasteiger charge is 2.55. The van der Waals surface area contributed by atoms with Crippen LogP contribution in [-0.2, 0) is 5.41 Å². The molecule has 4 nitrogen and oxygen atoms in total. The summed E-state index contributed by atoms with van der Waals surface area (Å²) in [5.41, 5.74) is 10.9. The van der Waals surface area contributed by atoms with Crippen molar-refractivity contribution in [2.45, 2.75) is 5.41 Å². The number of nitrogens with zero attached hydrogens (tertiary/aromatic N) is 3. The van der Waals surface area contributed by atoms with Gasteiger partial charge in [0.05, 0.1) is 5.41 Å². The van der Waals surface area contributed by atoms with E-state index in [0.29, 0.717) is 23.2 Å². The maximum absolute atomic E-state index is 7.13. The lowest BCUT2D eigenvalue weighted by atomic mass is 9.69. The van der Waals surface area contributed by atoms with Gasteiger partial charge in [-0.3, -0.25) is 0 Å². The Bertz CT molecular complexity index is 2370. The number of rotatable bonds is 6. The molecule has 226 valence electrons. The van der Waals surface area contributed by atoms with Crippen LogP contribution in [0.3, 0.4) is 0 Å². The minimum atomic E-state index is -0.682. The molecule has 0 radical (unpaired) electrons. The first kappa shape index (κ1) is 27.9. The Kier molecular flexibility index (Phi) is 6.31. The van der Waals surface area contributed by atoms with Gasteiger partial charge in [-0.15, -0.1) is 0 Å². The highest BCUT2D eigenvalue weighted by Crippen LogP contribution is 2.66. The summed E-state index contributed by atoms with van der Waals surface area (Å²) in [6.45, 7) is 8.64. The molecule has 1 atom stereocenters. The molecule has 4 heteroatoms. The van der Waals surface area contributed by atoms with Gasteiger partial charge in [0.1, 0.15) is 5.76 Å². The third-order valence-electron chi connectivity index (χ3n) is 9.55. The maximum Gasteiger partial charge on any atom is 0.200 e. The fourth-order valence-corrected chi connectivity index (χ4v) is 7.65. The van der Waals surface area contributed by atoms with Crippen LogP contribution in [0.1, 0.15) is 22.3 Å². The first-order valence-electron chi connectivity index (χ1n) is 16.0. The van der Waals surface area contributed by atoms with Gasteiger partial charge in [-0.25, -0.2) is 15.0 Å². The van der Waals surface area contributed by atoms with E-state index in [-0.39, 0.29) is 0 Å². The number of furan rings is 1. The van der Waals surface area contributed by atoms with Crippen molar-refractivity contribution in [2.24, 2.45) is 0 Å². The van der Waals surface area contributed by atoms with Crippen molar-refractivity contribution in [1.82, 2.24) is 15.0 Å². The van der Waals surface area contributed by atoms with Crippen LogP contribution in [0.15, 0.2) is 175 Å². The zero-order chi connectivity index (χ0) is 32.2. The van der Waals surface area contributed by atoms with E-state index in [0.717, 1.165) is 55.9 Å². The average molecular weight is 616 g/mol. The third-order valence-corrected chi connectivity index (χ3v) is 9.55. The summed E-state index contributed by atoms with van der Waals surface area (Å²) in [7, 11) is 0. The molecular formula is C44H29N3O. The predicted octanol–water partition coefficient (Wildman–Crippen LogP) is 10.6. The molecule has 7 aromatic rings. The van der Waals surface area contributed by atoms with Crippen molar-refractivity contribution in [3.05, 3.63) is 193 Å². The van der Waals surface area contributed by atoms with Gasteiger partial charge in [0.2, 0.25) is 0 Å². The zero-order valence-electron chi connectivity index (χ0n) is 26.1. The van der Waals surface area contributed by atoms with E-state index < -0.39 is 5.41 Å². The quantitative estimate of drug-likeness (QED) is 0.187. The number of fused-ring (bicyclic) bond motifs is 7. The molecule has 9 rings (SSSR count). The fourth-order valence-electron chi connectivity index (χ4n) is 7.65. The van der Waals surface area contributed by atoms with Crippen LogP contribution in [-0.4, -0.2) is 15.0 Å². The average Bonchev–Trinajstić information content (AvgIpc) is 3.80. The molecule has 2 aromatic heterocycles. The molecule has 0 saturated carbocycles. The summed E-state index contributed by atoms with van der Waals surface area (Å²) in [6.07, 6.45) is 3.95. The second kappa shape index (κ2) is 10.9. The maximum atomic E-state index is 7.13. The summed E-state index contributed by atoms with van der Waals surface area (Å²) < 4.78 is 7.13. The van der Waals surface area contributed by atoms with Crippen molar-refractivity contribution in [1.29, 1.82) is 0 Å². The van der Waals surface area contributed by atoms with Gasteiger partial charge in [-0.1, -0.05) is 165 Å². The molecule has 0 amide bonds. The summed E-state index contributed by atoms with van der Waals surface area (Å²) in [5.74, 6) is 3.03. The lowest BCUT2D eigenvalue weighted by molar-refractivity contribution is 0.582. The Morgan fingerprint density at radius 1 is 0.479 bits per heavy atom. The largest absolute Gasteiger partial charge is 0.452 e. The van der Waals surface area contributed by atoms with Gasteiger partial charge >= 0.3 is 0 Å². The van der Waals surface area contributed by atoms with Gasteiger partial charge < -0.3 is 4.42 Å². The molecule has 48 heavy (non-hydrogen) atoms. The third kappa shape index (κ3) is 3.86. The number of allylic oxidation sites excluding steroid dienone is 4. The van der Waals surface area contributed by atoms with Gasteiger partial charge in [-0.2, -0.15) is 0 Å². The Labute approximate surface area is 279 Å². The van der Waals surface area contributed by atoms with E-state index in [9.17, 15) is 0 Å². The Morgan fingerprint density at radius 3 is 1.52 bits per heavy atom. The van der Waals surface area contributed by atoms with Crippen LogP contribution < -0.4 is 0 Å². The van der Waals surface area contributed by atoms with Crippen LogP contribution in [0.4, 0.5) is 0 Å².